The number of methoxy groups -OCH3 is 1. The second-order valence-electron chi connectivity index (χ2n) is 8.02. The van der Waals surface area contributed by atoms with Crippen LogP contribution in [0.4, 0.5) is 5.13 Å². The van der Waals surface area contributed by atoms with Crippen molar-refractivity contribution in [1.29, 1.82) is 0 Å². The van der Waals surface area contributed by atoms with E-state index in [2.05, 4.69) is 15.5 Å². The summed E-state index contributed by atoms with van der Waals surface area (Å²) < 4.78 is 5.15. The summed E-state index contributed by atoms with van der Waals surface area (Å²) in [6.45, 7) is 0. The summed E-state index contributed by atoms with van der Waals surface area (Å²) in [5.74, 6) is 0.361. The monoisotopic (exact) mass is 515 g/mol. The minimum Gasteiger partial charge on any atom is -0.497 e. The molecule has 1 amide bonds. The first-order chi connectivity index (χ1) is 17.6. The smallest absolute Gasteiger partial charge is 0.290 e. The van der Waals surface area contributed by atoms with Crippen molar-refractivity contribution in [3.63, 3.8) is 0 Å². The lowest BCUT2D eigenvalue weighted by Crippen LogP contribution is -2.20. The highest BCUT2D eigenvalue weighted by molar-refractivity contribution is 7.14. The fourth-order valence-corrected chi connectivity index (χ4v) is 4.75. The van der Waals surface area contributed by atoms with E-state index in [9.17, 15) is 4.79 Å². The fourth-order valence-electron chi connectivity index (χ4n) is 3.82. The average Bonchev–Trinajstić information content (AvgIpc) is 3.58. The van der Waals surface area contributed by atoms with Gasteiger partial charge in [-0.15, -0.1) is 11.3 Å². The quantitative estimate of drug-likeness (QED) is 0.244. The summed E-state index contributed by atoms with van der Waals surface area (Å²) in [5, 5.41) is 13.8. The van der Waals surface area contributed by atoms with Gasteiger partial charge in [0.1, 0.15) is 11.4 Å². The van der Waals surface area contributed by atoms with Gasteiger partial charge in [-0.2, -0.15) is 10.2 Å². The Hall–Kier alpha value is -4.01. The number of hydrogen-bond acceptors (Lipinski definition) is 7. The molecule has 180 valence electrons. The highest BCUT2D eigenvalue weighted by atomic mass is 35.5. The molecule has 1 atom stereocenters. The molecule has 0 spiro atoms. The van der Waals surface area contributed by atoms with E-state index in [1.807, 2.05) is 83.9 Å². The van der Waals surface area contributed by atoms with Crippen LogP contribution in [0.15, 0.2) is 94.4 Å². The summed E-state index contributed by atoms with van der Waals surface area (Å²) in [7, 11) is 1.61. The lowest BCUT2D eigenvalue weighted by atomic mass is 9.99. The molecule has 1 aromatic heterocycles. The highest BCUT2D eigenvalue weighted by Crippen LogP contribution is 2.38. The molecule has 1 aliphatic rings. The standard InChI is InChI=1S/C27H22ClN5O2S/c1-35-22-13-7-18(8-14-22)16-29-31-26(34)24-17-36-27(30-24)33-25(20-9-11-21(28)12-10-20)15-23(32-33)19-5-3-2-4-6-19/h2-14,16-17,25H,15H2,1H3,(H,31,34)/b29-16+. The maximum Gasteiger partial charge on any atom is 0.290 e. The largest absolute Gasteiger partial charge is 0.497 e. The molecule has 0 bridgehead atoms. The van der Waals surface area contributed by atoms with Gasteiger partial charge in [0, 0.05) is 16.8 Å². The Morgan fingerprint density at radius 1 is 1.11 bits per heavy atom. The van der Waals surface area contributed by atoms with Crippen molar-refractivity contribution in [2.24, 2.45) is 10.2 Å². The molecule has 2 heterocycles. The van der Waals surface area contributed by atoms with E-state index >= 15 is 0 Å². The van der Waals surface area contributed by atoms with Crippen molar-refractivity contribution in [2.75, 3.05) is 12.1 Å². The Morgan fingerprint density at radius 3 is 2.58 bits per heavy atom. The molecule has 4 aromatic rings. The number of thiazole rings is 1. The van der Waals surface area contributed by atoms with Crippen LogP contribution in [-0.4, -0.2) is 29.9 Å². The molecule has 1 N–H and O–H groups in total. The summed E-state index contributed by atoms with van der Waals surface area (Å²) in [4.78, 5) is 17.2. The van der Waals surface area contributed by atoms with E-state index in [0.717, 1.165) is 28.2 Å². The van der Waals surface area contributed by atoms with Crippen LogP contribution >= 0.6 is 22.9 Å². The minimum absolute atomic E-state index is 0.0624. The number of benzene rings is 3. The third-order valence-electron chi connectivity index (χ3n) is 5.69. The number of ether oxygens (including phenoxy) is 1. The Balaban J connectivity index is 1.35. The summed E-state index contributed by atoms with van der Waals surface area (Å²) in [6, 6.07) is 25.1. The van der Waals surface area contributed by atoms with E-state index < -0.39 is 5.91 Å². The molecule has 1 unspecified atom stereocenters. The van der Waals surface area contributed by atoms with Crippen LogP contribution in [0, 0.1) is 0 Å². The Labute approximate surface area is 217 Å². The van der Waals surface area contributed by atoms with Crippen LogP contribution in [-0.2, 0) is 0 Å². The number of nitrogens with one attached hydrogen (secondary N) is 1. The number of anilines is 1. The molecule has 9 heteroatoms. The Morgan fingerprint density at radius 2 is 1.86 bits per heavy atom. The molecular formula is C27H22ClN5O2S. The van der Waals surface area contributed by atoms with E-state index in [-0.39, 0.29) is 11.7 Å². The van der Waals surface area contributed by atoms with Gasteiger partial charge < -0.3 is 4.74 Å². The van der Waals surface area contributed by atoms with Gasteiger partial charge in [-0.05, 0) is 53.1 Å². The second kappa shape index (κ2) is 10.7. The van der Waals surface area contributed by atoms with Gasteiger partial charge in [0.15, 0.2) is 0 Å². The van der Waals surface area contributed by atoms with Crippen molar-refractivity contribution < 1.29 is 9.53 Å². The van der Waals surface area contributed by atoms with Gasteiger partial charge in [0.05, 0.1) is 25.1 Å². The first-order valence-electron chi connectivity index (χ1n) is 11.2. The molecule has 36 heavy (non-hydrogen) atoms. The Kier molecular flexibility index (Phi) is 7.06. The van der Waals surface area contributed by atoms with Crippen molar-refractivity contribution in [1.82, 2.24) is 10.4 Å². The number of hydrogen-bond donors (Lipinski definition) is 1. The maximum absolute atomic E-state index is 12.7. The van der Waals surface area contributed by atoms with Crippen molar-refractivity contribution in [3.05, 3.63) is 112 Å². The third kappa shape index (κ3) is 5.30. The predicted octanol–water partition coefficient (Wildman–Crippen LogP) is 5.92. The van der Waals surface area contributed by atoms with Crippen molar-refractivity contribution >= 4 is 45.9 Å². The number of hydrazone groups is 2. The normalized spacial score (nSPS) is 15.2. The van der Waals surface area contributed by atoms with Gasteiger partial charge in [0.25, 0.3) is 5.91 Å². The van der Waals surface area contributed by atoms with Crippen LogP contribution in [0.2, 0.25) is 5.02 Å². The van der Waals surface area contributed by atoms with Gasteiger partial charge >= 0.3 is 0 Å². The van der Waals surface area contributed by atoms with E-state index in [1.165, 1.54) is 11.3 Å². The average molecular weight is 516 g/mol. The van der Waals surface area contributed by atoms with E-state index in [0.29, 0.717) is 16.6 Å². The topological polar surface area (TPSA) is 79.2 Å². The number of nitrogens with zero attached hydrogens (tertiary/aromatic N) is 4. The third-order valence-corrected chi connectivity index (χ3v) is 6.77. The highest BCUT2D eigenvalue weighted by Gasteiger charge is 2.32. The number of halogens is 1. The zero-order chi connectivity index (χ0) is 24.9. The summed E-state index contributed by atoms with van der Waals surface area (Å²) >= 11 is 7.48. The summed E-state index contributed by atoms with van der Waals surface area (Å²) in [5.41, 5.74) is 6.73. The molecule has 0 saturated heterocycles. The number of carbonyl (C=O) groups excluding carboxylic acids is 1. The number of aromatic nitrogens is 1. The number of amides is 1. The molecule has 0 aliphatic carbocycles. The number of carbonyl (C=O) groups is 1. The predicted molar refractivity (Wildman–Crippen MR) is 144 cm³/mol. The lowest BCUT2D eigenvalue weighted by molar-refractivity contribution is 0.0951. The van der Waals surface area contributed by atoms with Gasteiger partial charge in [0.2, 0.25) is 5.13 Å². The maximum atomic E-state index is 12.7. The Bertz CT molecular complexity index is 1400. The van der Waals surface area contributed by atoms with Crippen molar-refractivity contribution in [2.45, 2.75) is 12.5 Å². The van der Waals surface area contributed by atoms with Gasteiger partial charge in [-0.25, -0.2) is 15.4 Å². The van der Waals surface area contributed by atoms with Gasteiger partial charge in [-0.1, -0.05) is 54.1 Å². The number of rotatable bonds is 7. The molecule has 7 nitrogen and oxygen atoms in total. The molecule has 0 radical (unpaired) electrons. The molecule has 3 aromatic carbocycles. The molecule has 0 saturated carbocycles. The SMILES string of the molecule is COc1ccc(/C=N/NC(=O)c2csc(N3N=C(c4ccccc4)CC3c3ccc(Cl)cc3)n2)cc1. The molecule has 0 fully saturated rings. The van der Waals surface area contributed by atoms with Crippen LogP contribution in [0.3, 0.4) is 0 Å². The van der Waals surface area contributed by atoms with Crippen LogP contribution < -0.4 is 15.2 Å². The summed E-state index contributed by atoms with van der Waals surface area (Å²) in [6.07, 6.45) is 2.27. The van der Waals surface area contributed by atoms with Crippen LogP contribution in [0.5, 0.6) is 5.75 Å². The molecule has 1 aliphatic heterocycles. The second-order valence-corrected chi connectivity index (χ2v) is 9.29. The van der Waals surface area contributed by atoms with E-state index in [4.69, 9.17) is 21.4 Å². The van der Waals surface area contributed by atoms with E-state index in [1.54, 1.807) is 18.7 Å². The zero-order valence-corrected chi connectivity index (χ0v) is 20.9. The molecule has 5 rings (SSSR count). The van der Waals surface area contributed by atoms with Gasteiger partial charge in [-0.3, -0.25) is 4.79 Å². The lowest BCUT2D eigenvalue weighted by Gasteiger charge is -2.21. The van der Waals surface area contributed by atoms with Crippen LogP contribution in [0.1, 0.15) is 39.6 Å². The fraction of sp³-hybridized carbons (Fsp3) is 0.111. The first-order valence-corrected chi connectivity index (χ1v) is 12.5. The molecular weight excluding hydrogens is 494 g/mol. The zero-order valence-electron chi connectivity index (χ0n) is 19.3. The van der Waals surface area contributed by atoms with Crippen LogP contribution in [0.25, 0.3) is 0 Å². The van der Waals surface area contributed by atoms with Crippen molar-refractivity contribution in [3.8, 4) is 5.75 Å². The minimum atomic E-state index is -0.392. The first kappa shape index (κ1) is 23.7.